The standard InChI is InChI=1S/C20H29NO2/c1-7-13-21-18(22)23-14-12-19(3,4)15-20(5,6)17-10-8-16(2)9-11-17/h1,8-11H,12-15H2,2-6H3,(H,21,22). The van der Waals surface area contributed by atoms with Gasteiger partial charge in [0.25, 0.3) is 0 Å². The Morgan fingerprint density at radius 1 is 1.22 bits per heavy atom. The minimum absolute atomic E-state index is 0.0702. The maximum absolute atomic E-state index is 11.4. The van der Waals surface area contributed by atoms with Gasteiger partial charge in [-0.05, 0) is 36.2 Å². The average Bonchev–Trinajstić information content (AvgIpc) is 2.44. The van der Waals surface area contributed by atoms with Crippen LogP contribution in [-0.4, -0.2) is 19.2 Å². The SMILES string of the molecule is C#CCNC(=O)OCCC(C)(C)CC(C)(C)c1ccc(C)cc1. The number of alkyl carbamates (subject to hydrolysis) is 1. The van der Waals surface area contributed by atoms with E-state index in [-0.39, 0.29) is 17.4 Å². The van der Waals surface area contributed by atoms with Gasteiger partial charge in [0.2, 0.25) is 0 Å². The van der Waals surface area contributed by atoms with E-state index < -0.39 is 6.09 Å². The number of nitrogens with one attached hydrogen (secondary N) is 1. The summed E-state index contributed by atoms with van der Waals surface area (Å²) in [6.45, 7) is 11.6. The Bertz CT molecular complexity index is 550. The predicted octanol–water partition coefficient (Wildman–Crippen LogP) is 4.44. The minimum atomic E-state index is -0.448. The van der Waals surface area contributed by atoms with E-state index in [2.05, 4.69) is 70.1 Å². The van der Waals surface area contributed by atoms with E-state index in [0.29, 0.717) is 6.61 Å². The molecule has 0 aliphatic carbocycles. The van der Waals surface area contributed by atoms with Gasteiger partial charge >= 0.3 is 6.09 Å². The molecule has 0 radical (unpaired) electrons. The number of amides is 1. The zero-order chi connectivity index (χ0) is 17.5. The first-order valence-corrected chi connectivity index (χ1v) is 8.07. The molecule has 126 valence electrons. The van der Waals surface area contributed by atoms with Gasteiger partial charge in [0.05, 0.1) is 13.2 Å². The van der Waals surface area contributed by atoms with E-state index in [1.54, 1.807) is 0 Å². The van der Waals surface area contributed by atoms with Crippen LogP contribution in [0.4, 0.5) is 4.79 Å². The summed E-state index contributed by atoms with van der Waals surface area (Å²) < 4.78 is 5.17. The Morgan fingerprint density at radius 2 is 1.83 bits per heavy atom. The molecule has 0 aromatic heterocycles. The van der Waals surface area contributed by atoms with Crippen LogP contribution >= 0.6 is 0 Å². The van der Waals surface area contributed by atoms with Crippen LogP contribution in [0.25, 0.3) is 0 Å². The molecule has 1 rings (SSSR count). The van der Waals surface area contributed by atoms with Gasteiger partial charge in [0.15, 0.2) is 0 Å². The molecule has 0 unspecified atom stereocenters. The van der Waals surface area contributed by atoms with Crippen LogP contribution in [0.15, 0.2) is 24.3 Å². The quantitative estimate of drug-likeness (QED) is 0.756. The van der Waals surface area contributed by atoms with Crippen molar-refractivity contribution in [3.8, 4) is 12.3 Å². The Labute approximate surface area is 140 Å². The molecule has 0 atom stereocenters. The number of benzene rings is 1. The van der Waals surface area contributed by atoms with Crippen molar-refractivity contribution < 1.29 is 9.53 Å². The highest BCUT2D eigenvalue weighted by Gasteiger charge is 2.30. The highest BCUT2D eigenvalue weighted by molar-refractivity contribution is 5.67. The number of rotatable bonds is 7. The zero-order valence-electron chi connectivity index (χ0n) is 15.0. The highest BCUT2D eigenvalue weighted by atomic mass is 16.5. The fourth-order valence-corrected chi connectivity index (χ4v) is 2.99. The second-order valence-electron chi connectivity index (χ2n) is 7.53. The lowest BCUT2D eigenvalue weighted by atomic mass is 9.70. The summed E-state index contributed by atoms with van der Waals surface area (Å²) in [4.78, 5) is 11.4. The molecule has 1 aromatic carbocycles. The van der Waals surface area contributed by atoms with Gasteiger partial charge in [-0.2, -0.15) is 0 Å². The Morgan fingerprint density at radius 3 is 2.39 bits per heavy atom. The van der Waals surface area contributed by atoms with Crippen LogP contribution in [0, 0.1) is 24.7 Å². The summed E-state index contributed by atoms with van der Waals surface area (Å²) in [7, 11) is 0. The summed E-state index contributed by atoms with van der Waals surface area (Å²) in [5.41, 5.74) is 2.75. The molecule has 0 heterocycles. The van der Waals surface area contributed by atoms with Crippen molar-refractivity contribution >= 4 is 6.09 Å². The number of ether oxygens (including phenoxy) is 1. The molecule has 0 spiro atoms. The van der Waals surface area contributed by atoms with Crippen molar-refractivity contribution in [3.05, 3.63) is 35.4 Å². The largest absolute Gasteiger partial charge is 0.450 e. The summed E-state index contributed by atoms with van der Waals surface area (Å²) in [6.07, 6.45) is 6.46. The molecule has 0 saturated heterocycles. The van der Waals surface area contributed by atoms with Gasteiger partial charge in [0.1, 0.15) is 0 Å². The third-order valence-electron chi connectivity index (χ3n) is 4.10. The lowest BCUT2D eigenvalue weighted by Crippen LogP contribution is -2.29. The molecule has 0 saturated carbocycles. The highest BCUT2D eigenvalue weighted by Crippen LogP contribution is 2.38. The topological polar surface area (TPSA) is 38.3 Å². The van der Waals surface area contributed by atoms with Crippen LogP contribution in [0.5, 0.6) is 0 Å². The van der Waals surface area contributed by atoms with E-state index in [4.69, 9.17) is 11.2 Å². The van der Waals surface area contributed by atoms with E-state index in [1.807, 2.05) is 0 Å². The van der Waals surface area contributed by atoms with Crippen LogP contribution in [-0.2, 0) is 10.2 Å². The van der Waals surface area contributed by atoms with Crippen LogP contribution in [0.3, 0.4) is 0 Å². The normalized spacial score (nSPS) is 11.7. The molecule has 0 aliphatic heterocycles. The number of hydrogen-bond acceptors (Lipinski definition) is 2. The fraction of sp³-hybridized carbons (Fsp3) is 0.550. The van der Waals surface area contributed by atoms with Crippen LogP contribution in [0.2, 0.25) is 0 Å². The molecule has 1 amide bonds. The smallest absolute Gasteiger partial charge is 0.407 e. The summed E-state index contributed by atoms with van der Waals surface area (Å²) in [5, 5.41) is 2.50. The average molecular weight is 315 g/mol. The molecule has 1 N–H and O–H groups in total. The summed E-state index contributed by atoms with van der Waals surface area (Å²) in [5.74, 6) is 2.35. The monoisotopic (exact) mass is 315 g/mol. The summed E-state index contributed by atoms with van der Waals surface area (Å²) in [6, 6.07) is 8.72. The first kappa shape index (κ1) is 19.1. The molecule has 0 fully saturated rings. The number of aryl methyl sites for hydroxylation is 1. The molecule has 23 heavy (non-hydrogen) atoms. The number of carbonyl (C=O) groups excluding carboxylic acids is 1. The molecule has 3 heteroatoms. The Hall–Kier alpha value is -1.95. The second kappa shape index (κ2) is 8.06. The van der Waals surface area contributed by atoms with Gasteiger partial charge in [-0.1, -0.05) is 63.4 Å². The van der Waals surface area contributed by atoms with Gasteiger partial charge in [-0.15, -0.1) is 6.42 Å². The maximum Gasteiger partial charge on any atom is 0.407 e. The van der Waals surface area contributed by atoms with Crippen molar-refractivity contribution in [2.75, 3.05) is 13.2 Å². The first-order chi connectivity index (χ1) is 10.7. The van der Waals surface area contributed by atoms with Gasteiger partial charge < -0.3 is 10.1 Å². The van der Waals surface area contributed by atoms with E-state index in [1.165, 1.54) is 11.1 Å². The summed E-state index contributed by atoms with van der Waals surface area (Å²) >= 11 is 0. The third kappa shape index (κ3) is 6.78. The molecule has 0 bridgehead atoms. The Kier molecular flexibility index (Phi) is 6.69. The zero-order valence-corrected chi connectivity index (χ0v) is 15.0. The lowest BCUT2D eigenvalue weighted by molar-refractivity contribution is 0.121. The van der Waals surface area contributed by atoms with Crippen molar-refractivity contribution in [1.29, 1.82) is 0 Å². The second-order valence-corrected chi connectivity index (χ2v) is 7.53. The van der Waals surface area contributed by atoms with Gasteiger partial charge in [-0.25, -0.2) is 4.79 Å². The number of terminal acetylenes is 1. The van der Waals surface area contributed by atoms with E-state index >= 15 is 0 Å². The van der Waals surface area contributed by atoms with Gasteiger partial charge in [-0.3, -0.25) is 0 Å². The minimum Gasteiger partial charge on any atom is -0.450 e. The van der Waals surface area contributed by atoms with Crippen molar-refractivity contribution in [3.63, 3.8) is 0 Å². The Balaban J connectivity index is 2.54. The van der Waals surface area contributed by atoms with Crippen LogP contribution in [0.1, 0.15) is 51.7 Å². The van der Waals surface area contributed by atoms with E-state index in [0.717, 1.165) is 12.8 Å². The first-order valence-electron chi connectivity index (χ1n) is 8.07. The number of carbonyl (C=O) groups is 1. The predicted molar refractivity (Wildman–Crippen MR) is 95.4 cm³/mol. The van der Waals surface area contributed by atoms with Crippen LogP contribution < -0.4 is 5.32 Å². The van der Waals surface area contributed by atoms with Gasteiger partial charge in [0, 0.05) is 0 Å². The maximum atomic E-state index is 11.4. The molecular formula is C20H29NO2. The van der Waals surface area contributed by atoms with Crippen molar-refractivity contribution in [1.82, 2.24) is 5.32 Å². The fourth-order valence-electron chi connectivity index (χ4n) is 2.99. The molecule has 3 nitrogen and oxygen atoms in total. The lowest BCUT2D eigenvalue weighted by Gasteiger charge is -2.35. The molecule has 0 aliphatic rings. The molecule has 1 aromatic rings. The van der Waals surface area contributed by atoms with Crippen molar-refractivity contribution in [2.24, 2.45) is 5.41 Å². The van der Waals surface area contributed by atoms with Crippen molar-refractivity contribution in [2.45, 2.75) is 52.9 Å². The molecular weight excluding hydrogens is 286 g/mol. The van der Waals surface area contributed by atoms with E-state index in [9.17, 15) is 4.79 Å². The number of hydrogen-bond donors (Lipinski definition) is 1. The third-order valence-corrected chi connectivity index (χ3v) is 4.10.